The van der Waals surface area contributed by atoms with Crippen molar-refractivity contribution in [2.45, 2.75) is 19.3 Å². The number of rotatable bonds is 4. The van der Waals surface area contributed by atoms with Gasteiger partial charge in [0, 0.05) is 25.9 Å². The predicted octanol–water partition coefficient (Wildman–Crippen LogP) is 1.49. The molecule has 17 heavy (non-hydrogen) atoms. The molecule has 1 aromatic rings. The molecule has 0 bridgehead atoms. The molecule has 4 heteroatoms. The number of anilines is 1. The molecule has 92 valence electrons. The number of aldehydes is 1. The Morgan fingerprint density at radius 2 is 2.47 bits per heavy atom. The second-order valence-corrected chi connectivity index (χ2v) is 4.50. The van der Waals surface area contributed by atoms with Gasteiger partial charge in [-0.25, -0.2) is 4.98 Å². The molecular weight excluding hydrogens is 216 g/mol. The maximum absolute atomic E-state index is 11.0. The third-order valence-electron chi connectivity index (χ3n) is 3.30. The van der Waals surface area contributed by atoms with Gasteiger partial charge < -0.3 is 10.0 Å². The lowest BCUT2D eigenvalue weighted by atomic mass is 9.95. The Hall–Kier alpha value is -1.42. The van der Waals surface area contributed by atoms with Gasteiger partial charge in [-0.05, 0) is 37.3 Å². The van der Waals surface area contributed by atoms with Crippen molar-refractivity contribution in [1.82, 2.24) is 4.98 Å². The van der Waals surface area contributed by atoms with E-state index in [1.807, 2.05) is 0 Å². The van der Waals surface area contributed by atoms with E-state index in [1.165, 1.54) is 0 Å². The third kappa shape index (κ3) is 2.82. The highest BCUT2D eigenvalue weighted by atomic mass is 16.3. The molecule has 1 N–H and O–H groups in total. The number of aliphatic hydroxyl groups excluding tert-OH is 1. The van der Waals surface area contributed by atoms with Crippen LogP contribution in [-0.4, -0.2) is 36.1 Å². The monoisotopic (exact) mass is 234 g/mol. The summed E-state index contributed by atoms with van der Waals surface area (Å²) in [5.74, 6) is 1.29. The number of carbonyl (C=O) groups excluding carboxylic acids is 1. The molecule has 2 rings (SSSR count). The minimum atomic E-state index is 0.237. The highest BCUT2D eigenvalue weighted by Gasteiger charge is 2.21. The van der Waals surface area contributed by atoms with Crippen LogP contribution in [0.1, 0.15) is 29.6 Å². The van der Waals surface area contributed by atoms with Crippen molar-refractivity contribution in [2.75, 3.05) is 24.6 Å². The molecule has 2 heterocycles. The number of hydrogen-bond acceptors (Lipinski definition) is 4. The van der Waals surface area contributed by atoms with Gasteiger partial charge in [0.1, 0.15) is 5.82 Å². The number of aromatic nitrogens is 1. The van der Waals surface area contributed by atoms with Crippen LogP contribution in [0.2, 0.25) is 0 Å². The largest absolute Gasteiger partial charge is 0.396 e. The fraction of sp³-hybridized carbons (Fsp3) is 0.538. The van der Waals surface area contributed by atoms with Crippen molar-refractivity contribution >= 4 is 12.1 Å². The summed E-state index contributed by atoms with van der Waals surface area (Å²) in [7, 11) is 0. The highest BCUT2D eigenvalue weighted by molar-refractivity contribution is 5.82. The average molecular weight is 234 g/mol. The second kappa shape index (κ2) is 5.77. The number of aliphatic hydroxyl groups is 1. The molecule has 1 unspecified atom stereocenters. The SMILES string of the molecule is O=Cc1cccnc1N1CCCC(CCO)C1. The van der Waals surface area contributed by atoms with Gasteiger partial charge in [-0.15, -0.1) is 0 Å². The lowest BCUT2D eigenvalue weighted by Crippen LogP contribution is -2.36. The summed E-state index contributed by atoms with van der Waals surface area (Å²) in [6.45, 7) is 2.07. The van der Waals surface area contributed by atoms with Crippen LogP contribution in [0.5, 0.6) is 0 Å². The molecule has 0 aromatic carbocycles. The van der Waals surface area contributed by atoms with E-state index in [0.717, 1.165) is 44.5 Å². The molecule has 0 saturated carbocycles. The van der Waals surface area contributed by atoms with Crippen LogP contribution in [-0.2, 0) is 0 Å². The molecule has 1 aliphatic rings. The van der Waals surface area contributed by atoms with Crippen LogP contribution in [0, 0.1) is 5.92 Å². The minimum absolute atomic E-state index is 0.237. The van der Waals surface area contributed by atoms with Crippen LogP contribution in [0.25, 0.3) is 0 Å². The number of nitrogens with zero attached hydrogens (tertiary/aromatic N) is 2. The zero-order valence-corrected chi connectivity index (χ0v) is 9.88. The molecular formula is C13H18N2O2. The Balaban J connectivity index is 2.13. The first kappa shape index (κ1) is 12.0. The normalized spacial score (nSPS) is 20.3. The predicted molar refractivity (Wildman–Crippen MR) is 66.3 cm³/mol. The fourth-order valence-electron chi connectivity index (χ4n) is 2.44. The number of carbonyl (C=O) groups is 1. The Labute approximate surface area is 101 Å². The Bertz CT molecular complexity index is 379. The van der Waals surface area contributed by atoms with E-state index in [-0.39, 0.29) is 6.61 Å². The molecule has 0 amide bonds. The lowest BCUT2D eigenvalue weighted by Gasteiger charge is -2.33. The van der Waals surface area contributed by atoms with E-state index >= 15 is 0 Å². The minimum Gasteiger partial charge on any atom is -0.396 e. The summed E-state index contributed by atoms with van der Waals surface area (Å²) < 4.78 is 0. The van der Waals surface area contributed by atoms with Gasteiger partial charge in [-0.3, -0.25) is 4.79 Å². The van der Waals surface area contributed by atoms with E-state index in [4.69, 9.17) is 5.11 Å². The second-order valence-electron chi connectivity index (χ2n) is 4.50. The van der Waals surface area contributed by atoms with Gasteiger partial charge in [0.15, 0.2) is 6.29 Å². The van der Waals surface area contributed by atoms with Gasteiger partial charge in [-0.2, -0.15) is 0 Å². The molecule has 1 saturated heterocycles. The van der Waals surface area contributed by atoms with Crippen molar-refractivity contribution < 1.29 is 9.90 Å². The van der Waals surface area contributed by atoms with E-state index in [1.54, 1.807) is 18.3 Å². The Kier molecular flexibility index (Phi) is 4.09. The molecule has 1 atom stereocenters. The standard InChI is InChI=1S/C13H18N2O2/c16-8-5-11-3-2-7-15(9-11)13-12(10-17)4-1-6-14-13/h1,4,6,10-11,16H,2-3,5,7-9H2. The smallest absolute Gasteiger partial charge is 0.153 e. The van der Waals surface area contributed by atoms with Crippen molar-refractivity contribution in [2.24, 2.45) is 5.92 Å². The number of pyridine rings is 1. The summed E-state index contributed by atoms with van der Waals surface area (Å²) in [6, 6.07) is 3.58. The van der Waals surface area contributed by atoms with Gasteiger partial charge in [0.25, 0.3) is 0 Å². The molecule has 0 aliphatic carbocycles. The summed E-state index contributed by atoms with van der Waals surface area (Å²) in [4.78, 5) is 17.4. The molecule has 4 nitrogen and oxygen atoms in total. The fourth-order valence-corrected chi connectivity index (χ4v) is 2.44. The van der Waals surface area contributed by atoms with E-state index in [9.17, 15) is 4.79 Å². The van der Waals surface area contributed by atoms with E-state index in [2.05, 4.69) is 9.88 Å². The summed E-state index contributed by atoms with van der Waals surface area (Å²) in [5, 5.41) is 8.99. The van der Waals surface area contributed by atoms with E-state index < -0.39 is 0 Å². The van der Waals surface area contributed by atoms with Crippen LogP contribution < -0.4 is 4.90 Å². The molecule has 1 aromatic heterocycles. The zero-order valence-electron chi connectivity index (χ0n) is 9.88. The van der Waals surface area contributed by atoms with Crippen molar-refractivity contribution in [1.29, 1.82) is 0 Å². The number of piperidine rings is 1. The molecule has 1 fully saturated rings. The first-order chi connectivity index (χ1) is 8.35. The highest BCUT2D eigenvalue weighted by Crippen LogP contribution is 2.25. The maximum atomic E-state index is 11.0. The maximum Gasteiger partial charge on any atom is 0.153 e. The third-order valence-corrected chi connectivity index (χ3v) is 3.30. The first-order valence-electron chi connectivity index (χ1n) is 6.11. The van der Waals surface area contributed by atoms with Gasteiger partial charge in [0.2, 0.25) is 0 Å². The van der Waals surface area contributed by atoms with Crippen molar-refractivity contribution in [3.05, 3.63) is 23.9 Å². The topological polar surface area (TPSA) is 53.4 Å². The molecule has 0 radical (unpaired) electrons. The summed E-state index contributed by atoms with van der Waals surface area (Å²) >= 11 is 0. The van der Waals surface area contributed by atoms with E-state index in [0.29, 0.717) is 11.5 Å². The van der Waals surface area contributed by atoms with Gasteiger partial charge in [-0.1, -0.05) is 0 Å². The van der Waals surface area contributed by atoms with Gasteiger partial charge >= 0.3 is 0 Å². The number of hydrogen-bond donors (Lipinski definition) is 1. The van der Waals surface area contributed by atoms with Crippen LogP contribution in [0.4, 0.5) is 5.82 Å². The lowest BCUT2D eigenvalue weighted by molar-refractivity contribution is 0.112. The van der Waals surface area contributed by atoms with Crippen LogP contribution in [0.3, 0.4) is 0 Å². The Morgan fingerprint density at radius 1 is 1.59 bits per heavy atom. The summed E-state index contributed by atoms with van der Waals surface area (Å²) in [5.41, 5.74) is 0.650. The Morgan fingerprint density at radius 3 is 3.24 bits per heavy atom. The average Bonchev–Trinajstić information content (AvgIpc) is 2.39. The zero-order chi connectivity index (χ0) is 12.1. The van der Waals surface area contributed by atoms with Crippen molar-refractivity contribution in [3.63, 3.8) is 0 Å². The van der Waals surface area contributed by atoms with Gasteiger partial charge in [0.05, 0.1) is 5.56 Å². The molecule has 0 spiro atoms. The van der Waals surface area contributed by atoms with Crippen LogP contribution >= 0.6 is 0 Å². The summed E-state index contributed by atoms with van der Waals surface area (Å²) in [6.07, 6.45) is 5.66. The van der Waals surface area contributed by atoms with Crippen molar-refractivity contribution in [3.8, 4) is 0 Å². The first-order valence-corrected chi connectivity index (χ1v) is 6.11. The van der Waals surface area contributed by atoms with Crippen LogP contribution in [0.15, 0.2) is 18.3 Å². The molecule has 1 aliphatic heterocycles. The quantitative estimate of drug-likeness (QED) is 0.802.